The van der Waals surface area contributed by atoms with Crippen molar-refractivity contribution in [3.63, 3.8) is 0 Å². The van der Waals surface area contributed by atoms with Crippen LogP contribution in [0.15, 0.2) is 18.2 Å². The number of rotatable bonds is 3. The van der Waals surface area contributed by atoms with E-state index in [9.17, 15) is 13.2 Å². The zero-order valence-corrected chi connectivity index (χ0v) is 11.1. The maximum Gasteiger partial charge on any atom is 0.573 e. The average Bonchev–Trinajstić information content (AvgIpc) is 2.27. The van der Waals surface area contributed by atoms with E-state index >= 15 is 0 Å². The van der Waals surface area contributed by atoms with Gasteiger partial charge >= 0.3 is 6.36 Å². The second-order valence-electron chi connectivity index (χ2n) is 5.26. The van der Waals surface area contributed by atoms with Crippen LogP contribution in [0.2, 0.25) is 0 Å². The molecular formula is C14H18F3NO. The van der Waals surface area contributed by atoms with Crippen molar-refractivity contribution in [2.45, 2.75) is 39.1 Å². The molecule has 1 aliphatic rings. The quantitative estimate of drug-likeness (QED) is 0.904. The van der Waals surface area contributed by atoms with Crippen molar-refractivity contribution in [2.24, 2.45) is 5.92 Å². The Hall–Kier alpha value is -1.23. The summed E-state index contributed by atoms with van der Waals surface area (Å²) in [4.78, 5) is 0. The Morgan fingerprint density at radius 2 is 2.11 bits per heavy atom. The predicted molar refractivity (Wildman–Crippen MR) is 67.0 cm³/mol. The van der Waals surface area contributed by atoms with E-state index < -0.39 is 6.36 Å². The summed E-state index contributed by atoms with van der Waals surface area (Å²) in [5.74, 6) is 0.427. The molecule has 2 nitrogen and oxygen atoms in total. The Morgan fingerprint density at radius 1 is 1.37 bits per heavy atom. The third-order valence-corrected chi connectivity index (χ3v) is 3.24. The molecule has 0 fully saturated rings. The molecule has 5 heteroatoms. The molecule has 0 saturated carbocycles. The number of ether oxygens (including phenoxy) is 1. The summed E-state index contributed by atoms with van der Waals surface area (Å²) in [6.45, 7) is 4.89. The molecule has 1 aromatic rings. The Bertz CT molecular complexity index is 443. The first kappa shape index (κ1) is 14.2. The van der Waals surface area contributed by atoms with Crippen LogP contribution in [-0.4, -0.2) is 12.9 Å². The van der Waals surface area contributed by atoms with Crippen LogP contribution < -0.4 is 10.1 Å². The standard InChI is InChI=1S/C14H18F3NO/c1-9(2)8-12-10-4-3-5-13(19-14(15,16)17)11(10)6-7-18-12/h3-5,9,12,18H,6-8H2,1-2H3. The minimum Gasteiger partial charge on any atom is -0.405 e. The van der Waals surface area contributed by atoms with E-state index in [0.29, 0.717) is 24.4 Å². The van der Waals surface area contributed by atoms with E-state index in [1.165, 1.54) is 6.07 Å². The monoisotopic (exact) mass is 273 g/mol. The van der Waals surface area contributed by atoms with Crippen LogP contribution in [0.1, 0.15) is 37.4 Å². The van der Waals surface area contributed by atoms with E-state index in [1.807, 2.05) is 6.07 Å². The summed E-state index contributed by atoms with van der Waals surface area (Å²) >= 11 is 0. The SMILES string of the molecule is CC(C)CC1NCCc2c(OC(F)(F)F)cccc21. The maximum absolute atomic E-state index is 12.4. The summed E-state index contributed by atoms with van der Waals surface area (Å²) in [7, 11) is 0. The first-order chi connectivity index (χ1) is 8.87. The smallest absolute Gasteiger partial charge is 0.405 e. The van der Waals surface area contributed by atoms with Crippen LogP contribution in [0.4, 0.5) is 13.2 Å². The lowest BCUT2D eigenvalue weighted by Gasteiger charge is -2.29. The van der Waals surface area contributed by atoms with Crippen LogP contribution in [0.25, 0.3) is 0 Å². The Balaban J connectivity index is 2.30. The number of benzene rings is 1. The van der Waals surface area contributed by atoms with Gasteiger partial charge < -0.3 is 10.1 Å². The number of nitrogens with one attached hydrogen (secondary N) is 1. The Kier molecular flexibility index (Phi) is 4.04. The fourth-order valence-electron chi connectivity index (χ4n) is 2.56. The van der Waals surface area contributed by atoms with Crippen molar-refractivity contribution in [3.8, 4) is 5.75 Å². The van der Waals surface area contributed by atoms with E-state index in [0.717, 1.165) is 12.0 Å². The number of hydrogen-bond donors (Lipinski definition) is 1. The fourth-order valence-corrected chi connectivity index (χ4v) is 2.56. The van der Waals surface area contributed by atoms with Gasteiger partial charge in [0, 0.05) is 11.6 Å². The second kappa shape index (κ2) is 5.41. The minimum absolute atomic E-state index is 0.0553. The molecular weight excluding hydrogens is 255 g/mol. The lowest BCUT2D eigenvalue weighted by molar-refractivity contribution is -0.274. The van der Waals surface area contributed by atoms with Gasteiger partial charge in [-0.15, -0.1) is 13.2 Å². The zero-order valence-electron chi connectivity index (χ0n) is 11.1. The molecule has 0 spiro atoms. The largest absolute Gasteiger partial charge is 0.573 e. The summed E-state index contributed by atoms with van der Waals surface area (Å²) in [6, 6.07) is 5.02. The van der Waals surface area contributed by atoms with Crippen molar-refractivity contribution in [1.29, 1.82) is 0 Å². The summed E-state index contributed by atoms with van der Waals surface area (Å²) in [6.07, 6.45) is -3.16. The third-order valence-electron chi connectivity index (χ3n) is 3.24. The van der Waals surface area contributed by atoms with Gasteiger partial charge in [0.2, 0.25) is 0 Å². The summed E-state index contributed by atoms with van der Waals surface area (Å²) in [5.41, 5.74) is 1.62. The van der Waals surface area contributed by atoms with Crippen molar-refractivity contribution in [1.82, 2.24) is 5.32 Å². The van der Waals surface area contributed by atoms with Gasteiger partial charge in [0.05, 0.1) is 0 Å². The molecule has 0 amide bonds. The van der Waals surface area contributed by atoms with Crippen LogP contribution in [-0.2, 0) is 6.42 Å². The van der Waals surface area contributed by atoms with Gasteiger partial charge in [-0.3, -0.25) is 0 Å². The average molecular weight is 273 g/mol. The molecule has 1 aliphatic heterocycles. The van der Waals surface area contributed by atoms with Gasteiger partial charge in [0.25, 0.3) is 0 Å². The molecule has 106 valence electrons. The van der Waals surface area contributed by atoms with E-state index in [4.69, 9.17) is 0 Å². The van der Waals surface area contributed by atoms with E-state index in [1.54, 1.807) is 6.07 Å². The van der Waals surface area contributed by atoms with Crippen LogP contribution >= 0.6 is 0 Å². The van der Waals surface area contributed by atoms with Gasteiger partial charge in [0.15, 0.2) is 0 Å². The molecule has 19 heavy (non-hydrogen) atoms. The highest BCUT2D eigenvalue weighted by Crippen LogP contribution is 2.35. The lowest BCUT2D eigenvalue weighted by Crippen LogP contribution is -2.31. The zero-order chi connectivity index (χ0) is 14.0. The molecule has 1 aromatic carbocycles. The molecule has 0 saturated heterocycles. The third kappa shape index (κ3) is 3.62. The highest BCUT2D eigenvalue weighted by molar-refractivity contribution is 5.43. The Morgan fingerprint density at radius 3 is 2.74 bits per heavy atom. The number of halogens is 3. The van der Waals surface area contributed by atoms with Gasteiger partial charge in [-0.1, -0.05) is 26.0 Å². The van der Waals surface area contributed by atoms with Crippen molar-refractivity contribution in [3.05, 3.63) is 29.3 Å². The number of hydrogen-bond acceptors (Lipinski definition) is 2. The molecule has 1 heterocycles. The van der Waals surface area contributed by atoms with Crippen LogP contribution in [0, 0.1) is 5.92 Å². The second-order valence-corrected chi connectivity index (χ2v) is 5.26. The molecule has 0 radical (unpaired) electrons. The van der Waals surface area contributed by atoms with E-state index in [-0.39, 0.29) is 11.8 Å². The molecule has 1 atom stereocenters. The highest BCUT2D eigenvalue weighted by Gasteiger charge is 2.33. The maximum atomic E-state index is 12.4. The Labute approximate surface area is 111 Å². The lowest BCUT2D eigenvalue weighted by atomic mass is 9.89. The fraction of sp³-hybridized carbons (Fsp3) is 0.571. The summed E-state index contributed by atoms with van der Waals surface area (Å²) in [5, 5.41) is 3.36. The summed E-state index contributed by atoms with van der Waals surface area (Å²) < 4.78 is 41.3. The molecule has 0 bridgehead atoms. The van der Waals surface area contributed by atoms with E-state index in [2.05, 4.69) is 23.9 Å². The predicted octanol–water partition coefficient (Wildman–Crippen LogP) is 3.82. The van der Waals surface area contributed by atoms with Gasteiger partial charge in [0.1, 0.15) is 5.75 Å². The molecule has 1 unspecified atom stereocenters. The van der Waals surface area contributed by atoms with Crippen molar-refractivity contribution in [2.75, 3.05) is 6.54 Å². The minimum atomic E-state index is -4.63. The molecule has 0 aromatic heterocycles. The van der Waals surface area contributed by atoms with Crippen molar-refractivity contribution < 1.29 is 17.9 Å². The van der Waals surface area contributed by atoms with Crippen LogP contribution in [0.5, 0.6) is 5.75 Å². The van der Waals surface area contributed by atoms with Gasteiger partial charge in [-0.25, -0.2) is 0 Å². The first-order valence-corrected chi connectivity index (χ1v) is 6.47. The molecule has 0 aliphatic carbocycles. The number of alkyl halides is 3. The van der Waals surface area contributed by atoms with Crippen LogP contribution in [0.3, 0.4) is 0 Å². The first-order valence-electron chi connectivity index (χ1n) is 6.47. The van der Waals surface area contributed by atoms with Gasteiger partial charge in [-0.05, 0) is 36.9 Å². The normalized spacial score (nSPS) is 19.4. The molecule has 2 rings (SSSR count). The number of fused-ring (bicyclic) bond motifs is 1. The molecule has 1 N–H and O–H groups in total. The van der Waals surface area contributed by atoms with Crippen molar-refractivity contribution >= 4 is 0 Å². The van der Waals surface area contributed by atoms with Gasteiger partial charge in [-0.2, -0.15) is 0 Å². The topological polar surface area (TPSA) is 21.3 Å². The highest BCUT2D eigenvalue weighted by atomic mass is 19.4.